The lowest BCUT2D eigenvalue weighted by Crippen LogP contribution is -2.15. The van der Waals surface area contributed by atoms with Crippen LogP contribution in [0.4, 0.5) is 17.3 Å². The Morgan fingerprint density at radius 3 is 2.40 bits per heavy atom. The van der Waals surface area contributed by atoms with Gasteiger partial charge in [0.05, 0.1) is 0 Å². The molecule has 0 aliphatic carbocycles. The van der Waals surface area contributed by atoms with E-state index in [0.29, 0.717) is 11.6 Å². The predicted molar refractivity (Wildman–Crippen MR) is 100 cm³/mol. The van der Waals surface area contributed by atoms with Gasteiger partial charge in [-0.1, -0.05) is 29.8 Å². The first-order valence-electron chi connectivity index (χ1n) is 8.06. The van der Waals surface area contributed by atoms with Crippen molar-refractivity contribution in [3.8, 4) is 0 Å². The van der Waals surface area contributed by atoms with Gasteiger partial charge in [-0.05, 0) is 56.2 Å². The number of hydrogen-bond donors (Lipinski definition) is 2. The molecule has 0 aliphatic rings. The zero-order valence-electron chi connectivity index (χ0n) is 14.5. The lowest BCUT2D eigenvalue weighted by Gasteiger charge is -2.10. The van der Waals surface area contributed by atoms with Gasteiger partial charge < -0.3 is 10.6 Å². The van der Waals surface area contributed by atoms with Gasteiger partial charge in [0.15, 0.2) is 0 Å². The maximum absolute atomic E-state index is 12.5. The number of nitrogens with one attached hydrogen (secondary N) is 2. The van der Waals surface area contributed by atoms with Crippen molar-refractivity contribution in [3.63, 3.8) is 0 Å². The second kappa shape index (κ2) is 7.13. The summed E-state index contributed by atoms with van der Waals surface area (Å²) in [5.74, 6) is 0.125. The van der Waals surface area contributed by atoms with Crippen LogP contribution in [0.15, 0.2) is 54.7 Å². The Labute approximate surface area is 147 Å². The van der Waals surface area contributed by atoms with Crippen LogP contribution >= 0.6 is 0 Å². The maximum atomic E-state index is 12.5. The summed E-state index contributed by atoms with van der Waals surface area (Å²) in [5.41, 5.74) is 5.24. The van der Waals surface area contributed by atoms with Crippen molar-refractivity contribution in [2.75, 3.05) is 10.6 Å². The summed E-state index contributed by atoms with van der Waals surface area (Å²) in [6.45, 7) is 5.97. The standard InChI is InChI=1S/C20H20N4O/c1-13-5-8-16(9-6-13)22-20-21-11-10-17(24-20)19(25)23-18-12-14(2)4-7-15(18)3/h4-12H,1-3H3,(H,23,25)(H,21,22,24). The van der Waals surface area contributed by atoms with Crippen molar-refractivity contribution < 1.29 is 4.79 Å². The van der Waals surface area contributed by atoms with Gasteiger partial charge in [0.2, 0.25) is 5.95 Å². The minimum Gasteiger partial charge on any atom is -0.324 e. The SMILES string of the molecule is Cc1ccc(Nc2nccc(C(=O)Nc3cc(C)ccc3C)n2)cc1. The van der Waals surface area contributed by atoms with E-state index in [0.717, 1.165) is 22.5 Å². The zero-order chi connectivity index (χ0) is 17.8. The number of rotatable bonds is 4. The van der Waals surface area contributed by atoms with Crippen LogP contribution in [0.3, 0.4) is 0 Å². The zero-order valence-corrected chi connectivity index (χ0v) is 14.5. The van der Waals surface area contributed by atoms with Crippen LogP contribution in [0.1, 0.15) is 27.2 Å². The highest BCUT2D eigenvalue weighted by molar-refractivity contribution is 6.03. The van der Waals surface area contributed by atoms with E-state index in [9.17, 15) is 4.79 Å². The first kappa shape index (κ1) is 16.6. The first-order valence-corrected chi connectivity index (χ1v) is 8.06. The number of aromatic nitrogens is 2. The van der Waals surface area contributed by atoms with E-state index in [1.54, 1.807) is 12.3 Å². The molecule has 2 aromatic carbocycles. The Balaban J connectivity index is 1.77. The van der Waals surface area contributed by atoms with Crippen LogP contribution in [0.25, 0.3) is 0 Å². The number of amides is 1. The van der Waals surface area contributed by atoms with Gasteiger partial charge in [-0.3, -0.25) is 4.79 Å². The number of carbonyl (C=O) groups excluding carboxylic acids is 1. The lowest BCUT2D eigenvalue weighted by molar-refractivity contribution is 0.102. The van der Waals surface area contributed by atoms with Crippen LogP contribution in [-0.2, 0) is 0 Å². The summed E-state index contributed by atoms with van der Waals surface area (Å²) in [7, 11) is 0. The molecule has 0 bridgehead atoms. The van der Waals surface area contributed by atoms with E-state index in [2.05, 4.69) is 20.6 Å². The van der Waals surface area contributed by atoms with Crippen LogP contribution in [0, 0.1) is 20.8 Å². The average molecular weight is 332 g/mol. The van der Waals surface area contributed by atoms with Crippen LogP contribution in [0.5, 0.6) is 0 Å². The van der Waals surface area contributed by atoms with Crippen LogP contribution in [-0.4, -0.2) is 15.9 Å². The summed E-state index contributed by atoms with van der Waals surface area (Å²) in [4.78, 5) is 21.0. The Hall–Kier alpha value is -3.21. The molecule has 1 amide bonds. The van der Waals surface area contributed by atoms with E-state index < -0.39 is 0 Å². The number of benzene rings is 2. The molecule has 2 N–H and O–H groups in total. The smallest absolute Gasteiger partial charge is 0.274 e. The molecule has 1 heterocycles. The molecule has 3 rings (SSSR count). The first-order chi connectivity index (χ1) is 12.0. The van der Waals surface area contributed by atoms with Crippen molar-refractivity contribution in [3.05, 3.63) is 77.1 Å². The Morgan fingerprint density at radius 2 is 1.64 bits per heavy atom. The Morgan fingerprint density at radius 1 is 0.920 bits per heavy atom. The fourth-order valence-electron chi connectivity index (χ4n) is 2.37. The molecule has 5 nitrogen and oxygen atoms in total. The maximum Gasteiger partial charge on any atom is 0.274 e. The Bertz CT molecular complexity index is 904. The quantitative estimate of drug-likeness (QED) is 0.743. The van der Waals surface area contributed by atoms with Crippen LogP contribution < -0.4 is 10.6 Å². The van der Waals surface area contributed by atoms with Crippen molar-refractivity contribution in [2.45, 2.75) is 20.8 Å². The van der Waals surface area contributed by atoms with Crippen molar-refractivity contribution in [1.29, 1.82) is 0 Å². The fourth-order valence-corrected chi connectivity index (χ4v) is 2.37. The van der Waals surface area contributed by atoms with Gasteiger partial charge in [-0.25, -0.2) is 9.97 Å². The van der Waals surface area contributed by atoms with Crippen molar-refractivity contribution in [2.24, 2.45) is 0 Å². The second-order valence-electron chi connectivity index (χ2n) is 6.03. The Kier molecular flexibility index (Phi) is 4.75. The fraction of sp³-hybridized carbons (Fsp3) is 0.150. The molecule has 0 saturated heterocycles. The molecule has 126 valence electrons. The van der Waals surface area contributed by atoms with E-state index in [1.165, 1.54) is 5.56 Å². The molecule has 3 aromatic rings. The van der Waals surface area contributed by atoms with E-state index in [-0.39, 0.29) is 5.91 Å². The molecular formula is C20H20N4O. The number of carbonyl (C=O) groups is 1. The van der Waals surface area contributed by atoms with Gasteiger partial charge in [0.25, 0.3) is 5.91 Å². The third-order valence-corrected chi connectivity index (χ3v) is 3.84. The highest BCUT2D eigenvalue weighted by Gasteiger charge is 2.11. The summed E-state index contributed by atoms with van der Waals surface area (Å²) in [5, 5.41) is 6.02. The minimum absolute atomic E-state index is 0.261. The van der Waals surface area contributed by atoms with Gasteiger partial charge >= 0.3 is 0 Å². The van der Waals surface area contributed by atoms with E-state index >= 15 is 0 Å². The molecule has 0 radical (unpaired) electrons. The number of nitrogens with zero attached hydrogens (tertiary/aromatic N) is 2. The molecule has 0 saturated carbocycles. The number of aryl methyl sites for hydroxylation is 3. The molecule has 0 atom stereocenters. The summed E-state index contributed by atoms with van der Waals surface area (Å²) >= 11 is 0. The van der Waals surface area contributed by atoms with Crippen LogP contribution in [0.2, 0.25) is 0 Å². The molecule has 0 spiro atoms. The van der Waals surface area contributed by atoms with Gasteiger partial charge in [0.1, 0.15) is 5.69 Å². The molecule has 5 heteroatoms. The third kappa shape index (κ3) is 4.20. The third-order valence-electron chi connectivity index (χ3n) is 3.84. The topological polar surface area (TPSA) is 66.9 Å². The summed E-state index contributed by atoms with van der Waals surface area (Å²) < 4.78 is 0. The molecule has 0 unspecified atom stereocenters. The normalized spacial score (nSPS) is 10.4. The van der Waals surface area contributed by atoms with Gasteiger partial charge in [-0.2, -0.15) is 0 Å². The predicted octanol–water partition coefficient (Wildman–Crippen LogP) is 4.40. The lowest BCUT2D eigenvalue weighted by atomic mass is 10.1. The minimum atomic E-state index is -0.261. The summed E-state index contributed by atoms with van der Waals surface area (Å²) in [6.07, 6.45) is 1.57. The summed E-state index contributed by atoms with van der Waals surface area (Å²) in [6, 6.07) is 15.4. The van der Waals surface area contributed by atoms with Crippen molar-refractivity contribution >= 4 is 23.2 Å². The molecule has 0 aliphatic heterocycles. The van der Waals surface area contributed by atoms with Gasteiger partial charge in [-0.15, -0.1) is 0 Å². The molecule has 0 fully saturated rings. The van der Waals surface area contributed by atoms with Crippen molar-refractivity contribution in [1.82, 2.24) is 9.97 Å². The highest BCUT2D eigenvalue weighted by Crippen LogP contribution is 2.18. The molecular weight excluding hydrogens is 312 g/mol. The van der Waals surface area contributed by atoms with Gasteiger partial charge in [0, 0.05) is 17.6 Å². The van der Waals surface area contributed by atoms with E-state index in [4.69, 9.17) is 0 Å². The van der Waals surface area contributed by atoms with E-state index in [1.807, 2.05) is 63.2 Å². The average Bonchev–Trinajstić information content (AvgIpc) is 2.60. The number of hydrogen-bond acceptors (Lipinski definition) is 4. The molecule has 1 aromatic heterocycles. The number of anilines is 3. The second-order valence-corrected chi connectivity index (χ2v) is 6.03. The largest absolute Gasteiger partial charge is 0.324 e. The monoisotopic (exact) mass is 332 g/mol. The molecule has 25 heavy (non-hydrogen) atoms. The highest BCUT2D eigenvalue weighted by atomic mass is 16.1.